The second-order valence-electron chi connectivity index (χ2n) is 6.47. The molecular formula is C20H18N2O4. The molecule has 1 aliphatic rings. The van der Waals surface area contributed by atoms with Gasteiger partial charge in [0.1, 0.15) is 11.3 Å². The molecule has 2 N–H and O–H groups in total. The minimum absolute atomic E-state index is 0.00512. The van der Waals surface area contributed by atoms with Crippen molar-refractivity contribution in [2.45, 2.75) is 20.3 Å². The van der Waals surface area contributed by atoms with Crippen molar-refractivity contribution in [3.05, 3.63) is 53.3 Å². The Morgan fingerprint density at radius 1 is 1.19 bits per heavy atom. The van der Waals surface area contributed by atoms with Crippen LogP contribution >= 0.6 is 0 Å². The molecule has 0 saturated heterocycles. The third-order valence-corrected chi connectivity index (χ3v) is 4.52. The standard InChI is InChI=1S/C20H18N2O4/c1-11-5-15-13(9-25-18(15)6-12(11)2)7-19(23)21-14-3-4-17-16(8-14)22-20(24)10-26-17/h3-6,8-9H,7,10H2,1-2H3,(H,21,23)(H,22,24). The Morgan fingerprint density at radius 3 is 2.85 bits per heavy atom. The van der Waals surface area contributed by atoms with Crippen LogP contribution < -0.4 is 15.4 Å². The van der Waals surface area contributed by atoms with E-state index in [1.165, 1.54) is 0 Å². The Hall–Kier alpha value is -3.28. The predicted octanol–water partition coefficient (Wildman–Crippen LogP) is 3.56. The SMILES string of the molecule is Cc1cc2occ(CC(=O)Nc3ccc4c(c3)NC(=O)CO4)c2cc1C. The van der Waals surface area contributed by atoms with Crippen molar-refractivity contribution in [1.29, 1.82) is 0 Å². The zero-order chi connectivity index (χ0) is 18.3. The van der Waals surface area contributed by atoms with Gasteiger partial charge in [0, 0.05) is 16.6 Å². The Morgan fingerprint density at radius 2 is 2.00 bits per heavy atom. The van der Waals surface area contributed by atoms with Crippen LogP contribution in [0.2, 0.25) is 0 Å². The first-order valence-electron chi connectivity index (χ1n) is 8.33. The van der Waals surface area contributed by atoms with Crippen LogP contribution in [0, 0.1) is 13.8 Å². The van der Waals surface area contributed by atoms with E-state index in [9.17, 15) is 9.59 Å². The number of furan rings is 1. The number of amides is 2. The molecular weight excluding hydrogens is 332 g/mol. The van der Waals surface area contributed by atoms with Gasteiger partial charge in [-0.25, -0.2) is 0 Å². The van der Waals surface area contributed by atoms with Crippen molar-refractivity contribution in [1.82, 2.24) is 0 Å². The summed E-state index contributed by atoms with van der Waals surface area (Å²) >= 11 is 0. The highest BCUT2D eigenvalue weighted by Crippen LogP contribution is 2.31. The highest BCUT2D eigenvalue weighted by Gasteiger charge is 2.17. The molecule has 0 spiro atoms. The molecule has 0 fully saturated rings. The van der Waals surface area contributed by atoms with E-state index in [0.29, 0.717) is 17.1 Å². The lowest BCUT2D eigenvalue weighted by Crippen LogP contribution is -2.25. The maximum Gasteiger partial charge on any atom is 0.262 e. The average Bonchev–Trinajstić information content (AvgIpc) is 2.96. The molecule has 1 aromatic heterocycles. The largest absolute Gasteiger partial charge is 0.482 e. The molecule has 0 atom stereocenters. The minimum Gasteiger partial charge on any atom is -0.482 e. The molecule has 1 aliphatic heterocycles. The molecule has 0 unspecified atom stereocenters. The van der Waals surface area contributed by atoms with Crippen molar-refractivity contribution >= 4 is 34.2 Å². The molecule has 3 aromatic rings. The average molecular weight is 350 g/mol. The summed E-state index contributed by atoms with van der Waals surface area (Å²) in [6.07, 6.45) is 1.83. The van der Waals surface area contributed by atoms with Crippen LogP contribution in [0.4, 0.5) is 11.4 Å². The first kappa shape index (κ1) is 16.2. The number of nitrogens with one attached hydrogen (secondary N) is 2. The number of hydrogen-bond donors (Lipinski definition) is 2. The fourth-order valence-corrected chi connectivity index (χ4v) is 3.01. The van der Waals surface area contributed by atoms with E-state index in [2.05, 4.69) is 10.6 Å². The zero-order valence-corrected chi connectivity index (χ0v) is 14.5. The maximum absolute atomic E-state index is 12.4. The summed E-state index contributed by atoms with van der Waals surface area (Å²) in [5, 5.41) is 6.53. The van der Waals surface area contributed by atoms with Gasteiger partial charge in [-0.15, -0.1) is 0 Å². The summed E-state index contributed by atoms with van der Waals surface area (Å²) in [5.74, 6) is 0.222. The van der Waals surface area contributed by atoms with Gasteiger partial charge in [-0.3, -0.25) is 9.59 Å². The van der Waals surface area contributed by atoms with Gasteiger partial charge >= 0.3 is 0 Å². The van der Waals surface area contributed by atoms with Crippen LogP contribution in [0.3, 0.4) is 0 Å². The van der Waals surface area contributed by atoms with Crippen LogP contribution in [0.1, 0.15) is 16.7 Å². The monoisotopic (exact) mass is 350 g/mol. The van der Waals surface area contributed by atoms with Crippen LogP contribution in [-0.2, 0) is 16.0 Å². The number of benzene rings is 2. The van der Waals surface area contributed by atoms with Gasteiger partial charge in [0.05, 0.1) is 18.4 Å². The van der Waals surface area contributed by atoms with E-state index in [1.54, 1.807) is 24.5 Å². The molecule has 0 saturated carbocycles. The van der Waals surface area contributed by atoms with Gasteiger partial charge in [-0.1, -0.05) is 0 Å². The lowest BCUT2D eigenvalue weighted by molar-refractivity contribution is -0.118. The fraction of sp³-hybridized carbons (Fsp3) is 0.200. The van der Waals surface area contributed by atoms with Gasteiger partial charge in [-0.05, 0) is 55.3 Å². The van der Waals surface area contributed by atoms with Crippen molar-refractivity contribution in [2.24, 2.45) is 0 Å². The highest BCUT2D eigenvalue weighted by atomic mass is 16.5. The number of anilines is 2. The van der Waals surface area contributed by atoms with Gasteiger partial charge in [0.15, 0.2) is 6.61 Å². The van der Waals surface area contributed by atoms with Crippen LogP contribution in [-0.4, -0.2) is 18.4 Å². The summed E-state index contributed by atoms with van der Waals surface area (Å²) in [4.78, 5) is 23.8. The lowest BCUT2D eigenvalue weighted by atomic mass is 10.0. The molecule has 2 amide bonds. The van der Waals surface area contributed by atoms with Gasteiger partial charge in [0.25, 0.3) is 5.91 Å². The predicted molar refractivity (Wildman–Crippen MR) is 98.6 cm³/mol. The molecule has 2 heterocycles. The molecule has 26 heavy (non-hydrogen) atoms. The summed E-state index contributed by atoms with van der Waals surface area (Å²) in [5.41, 5.74) is 5.09. The first-order chi connectivity index (χ1) is 12.5. The first-order valence-corrected chi connectivity index (χ1v) is 8.33. The Bertz CT molecular complexity index is 1040. The summed E-state index contributed by atoms with van der Waals surface area (Å²) in [6.45, 7) is 4.07. The molecule has 132 valence electrons. The second kappa shape index (κ2) is 6.22. The van der Waals surface area contributed by atoms with Crippen molar-refractivity contribution < 1.29 is 18.7 Å². The number of ether oxygens (including phenoxy) is 1. The van der Waals surface area contributed by atoms with Crippen LogP contribution in [0.5, 0.6) is 5.75 Å². The summed E-state index contributed by atoms with van der Waals surface area (Å²) < 4.78 is 10.9. The van der Waals surface area contributed by atoms with Crippen LogP contribution in [0.25, 0.3) is 11.0 Å². The fourth-order valence-electron chi connectivity index (χ4n) is 3.01. The Kier molecular flexibility index (Phi) is 3.88. The second-order valence-corrected chi connectivity index (χ2v) is 6.47. The van der Waals surface area contributed by atoms with E-state index in [-0.39, 0.29) is 24.8 Å². The topological polar surface area (TPSA) is 80.6 Å². The molecule has 2 aromatic carbocycles. The molecule has 6 heteroatoms. The minimum atomic E-state index is -0.212. The van der Waals surface area contributed by atoms with Gasteiger partial charge in [0.2, 0.25) is 5.91 Å². The van der Waals surface area contributed by atoms with Gasteiger partial charge < -0.3 is 19.8 Å². The van der Waals surface area contributed by atoms with Crippen molar-refractivity contribution in [3.63, 3.8) is 0 Å². The molecule has 4 rings (SSSR count). The third kappa shape index (κ3) is 3.01. The van der Waals surface area contributed by atoms with Crippen molar-refractivity contribution in [2.75, 3.05) is 17.2 Å². The summed E-state index contributed by atoms with van der Waals surface area (Å²) in [7, 11) is 0. The number of carbonyl (C=O) groups excluding carboxylic acids is 2. The maximum atomic E-state index is 12.4. The number of carbonyl (C=O) groups is 2. The highest BCUT2D eigenvalue weighted by molar-refractivity contribution is 5.99. The molecule has 0 bridgehead atoms. The van der Waals surface area contributed by atoms with E-state index >= 15 is 0 Å². The van der Waals surface area contributed by atoms with E-state index in [1.807, 2.05) is 26.0 Å². The number of hydrogen-bond acceptors (Lipinski definition) is 4. The van der Waals surface area contributed by atoms with Gasteiger partial charge in [-0.2, -0.15) is 0 Å². The van der Waals surface area contributed by atoms with Crippen LogP contribution in [0.15, 0.2) is 41.0 Å². The number of rotatable bonds is 3. The quantitative estimate of drug-likeness (QED) is 0.757. The van der Waals surface area contributed by atoms with E-state index in [0.717, 1.165) is 27.7 Å². The van der Waals surface area contributed by atoms with Crippen molar-refractivity contribution in [3.8, 4) is 5.75 Å². The normalized spacial score (nSPS) is 13.1. The van der Waals surface area contributed by atoms with E-state index < -0.39 is 0 Å². The number of aryl methyl sites for hydroxylation is 2. The number of fused-ring (bicyclic) bond motifs is 2. The molecule has 6 nitrogen and oxygen atoms in total. The Balaban J connectivity index is 1.52. The zero-order valence-electron chi connectivity index (χ0n) is 14.5. The Labute approximate surface area is 150 Å². The molecule has 0 aliphatic carbocycles. The lowest BCUT2D eigenvalue weighted by Gasteiger charge is -2.18. The third-order valence-electron chi connectivity index (χ3n) is 4.52. The smallest absolute Gasteiger partial charge is 0.262 e. The summed E-state index contributed by atoms with van der Waals surface area (Å²) in [6, 6.07) is 9.19. The van der Waals surface area contributed by atoms with E-state index in [4.69, 9.17) is 9.15 Å². The molecule has 0 radical (unpaired) electrons.